The Labute approximate surface area is 144 Å². The van der Waals surface area contributed by atoms with Gasteiger partial charge in [0.2, 0.25) is 0 Å². The summed E-state index contributed by atoms with van der Waals surface area (Å²) in [5.41, 5.74) is 5.70. The SMILES string of the molecule is CC1=CCCC(C)(C)C1C=C/C(C)=N\NC(=O)Nc1ccccc1. The number of hydrogen-bond donors (Lipinski definition) is 2. The molecule has 4 heteroatoms. The average Bonchev–Trinajstić information content (AvgIpc) is 2.53. The normalized spacial score (nSPS) is 20.6. The molecule has 1 aliphatic rings. The summed E-state index contributed by atoms with van der Waals surface area (Å²) in [5.74, 6) is 0.412. The Bertz CT molecular complexity index is 657. The molecule has 1 aromatic carbocycles. The number of anilines is 1. The van der Waals surface area contributed by atoms with Gasteiger partial charge in [0.15, 0.2) is 0 Å². The molecular weight excluding hydrogens is 298 g/mol. The van der Waals surface area contributed by atoms with E-state index in [1.807, 2.05) is 43.3 Å². The standard InChI is InChI=1S/C20H27N3O/c1-15-9-8-14-20(3,4)18(15)13-12-16(2)22-23-19(24)21-17-10-6-5-7-11-17/h5-7,9-13,18H,8,14H2,1-4H3,(H2,21,23,24)/b13-12?,22-16-. The highest BCUT2D eigenvalue weighted by atomic mass is 16.2. The summed E-state index contributed by atoms with van der Waals surface area (Å²) in [7, 11) is 0. The molecule has 0 aromatic heterocycles. The fourth-order valence-electron chi connectivity index (χ4n) is 3.08. The molecule has 1 aromatic rings. The number of benzene rings is 1. The fraction of sp³-hybridized carbons (Fsp3) is 0.400. The van der Waals surface area contributed by atoms with Gasteiger partial charge >= 0.3 is 6.03 Å². The van der Waals surface area contributed by atoms with E-state index in [9.17, 15) is 4.79 Å². The maximum absolute atomic E-state index is 11.8. The summed E-state index contributed by atoms with van der Waals surface area (Å²) in [6.07, 6.45) is 8.83. The molecule has 0 radical (unpaired) electrons. The number of carbonyl (C=O) groups excluding carboxylic acids is 1. The van der Waals surface area contributed by atoms with Crippen LogP contribution in [-0.4, -0.2) is 11.7 Å². The van der Waals surface area contributed by atoms with Crippen LogP contribution in [0.15, 0.2) is 59.2 Å². The maximum Gasteiger partial charge on any atom is 0.339 e. The predicted octanol–water partition coefficient (Wildman–Crippen LogP) is 5.12. The van der Waals surface area contributed by atoms with Crippen molar-refractivity contribution in [3.8, 4) is 0 Å². The third kappa shape index (κ3) is 5.08. The highest BCUT2D eigenvalue weighted by molar-refractivity contribution is 5.95. The number of hydrazone groups is 1. The Morgan fingerprint density at radius 1 is 1.29 bits per heavy atom. The third-order valence-electron chi connectivity index (χ3n) is 4.48. The van der Waals surface area contributed by atoms with E-state index in [0.717, 1.165) is 17.8 Å². The number of para-hydroxylation sites is 1. The number of rotatable bonds is 4. The van der Waals surface area contributed by atoms with E-state index in [0.29, 0.717) is 5.92 Å². The van der Waals surface area contributed by atoms with E-state index in [1.54, 1.807) is 0 Å². The Morgan fingerprint density at radius 3 is 2.67 bits per heavy atom. The van der Waals surface area contributed by atoms with E-state index in [2.05, 4.69) is 48.8 Å². The van der Waals surface area contributed by atoms with Crippen molar-refractivity contribution in [1.29, 1.82) is 0 Å². The van der Waals surface area contributed by atoms with Gasteiger partial charge in [-0.1, -0.05) is 49.8 Å². The molecule has 0 fully saturated rings. The first-order valence-corrected chi connectivity index (χ1v) is 8.40. The lowest BCUT2D eigenvalue weighted by Gasteiger charge is -2.36. The Kier molecular flexibility index (Phi) is 5.96. The predicted molar refractivity (Wildman–Crippen MR) is 101 cm³/mol. The number of nitrogens with zero attached hydrogens (tertiary/aromatic N) is 1. The van der Waals surface area contributed by atoms with Crippen LogP contribution in [0, 0.1) is 11.3 Å². The summed E-state index contributed by atoms with van der Waals surface area (Å²) in [5, 5.41) is 6.86. The zero-order valence-corrected chi connectivity index (χ0v) is 15.0. The van der Waals surface area contributed by atoms with Gasteiger partial charge in [-0.2, -0.15) is 5.10 Å². The number of hydrogen-bond acceptors (Lipinski definition) is 2. The molecule has 0 bridgehead atoms. The van der Waals surface area contributed by atoms with Crippen molar-refractivity contribution < 1.29 is 4.79 Å². The molecule has 128 valence electrons. The van der Waals surface area contributed by atoms with Crippen LogP contribution in [0.5, 0.6) is 0 Å². The number of nitrogens with one attached hydrogen (secondary N) is 2. The highest BCUT2D eigenvalue weighted by Crippen LogP contribution is 2.41. The Morgan fingerprint density at radius 2 is 2.00 bits per heavy atom. The van der Waals surface area contributed by atoms with Crippen molar-refractivity contribution >= 4 is 17.4 Å². The summed E-state index contributed by atoms with van der Waals surface area (Å²) in [6, 6.07) is 8.96. The van der Waals surface area contributed by atoms with Gasteiger partial charge in [-0.05, 0) is 50.3 Å². The molecule has 0 saturated carbocycles. The molecule has 24 heavy (non-hydrogen) atoms. The molecule has 0 saturated heterocycles. The molecular formula is C20H27N3O. The lowest BCUT2D eigenvalue weighted by atomic mass is 9.68. The van der Waals surface area contributed by atoms with Crippen LogP contribution in [0.25, 0.3) is 0 Å². The third-order valence-corrected chi connectivity index (χ3v) is 4.48. The lowest BCUT2D eigenvalue weighted by molar-refractivity contribution is 0.252. The van der Waals surface area contributed by atoms with Crippen LogP contribution < -0.4 is 10.7 Å². The van der Waals surface area contributed by atoms with Crippen LogP contribution in [-0.2, 0) is 0 Å². The molecule has 2 rings (SSSR count). The van der Waals surface area contributed by atoms with E-state index in [-0.39, 0.29) is 11.4 Å². The molecule has 1 unspecified atom stereocenters. The van der Waals surface area contributed by atoms with E-state index in [4.69, 9.17) is 0 Å². The summed E-state index contributed by atoms with van der Waals surface area (Å²) < 4.78 is 0. The molecule has 1 atom stereocenters. The Balaban J connectivity index is 1.92. The van der Waals surface area contributed by atoms with Gasteiger partial charge in [-0.25, -0.2) is 10.2 Å². The molecule has 4 nitrogen and oxygen atoms in total. The van der Waals surface area contributed by atoms with Gasteiger partial charge in [-0.15, -0.1) is 0 Å². The van der Waals surface area contributed by atoms with Crippen LogP contribution in [0.2, 0.25) is 0 Å². The first-order valence-electron chi connectivity index (χ1n) is 8.40. The van der Waals surface area contributed by atoms with Crippen LogP contribution in [0.1, 0.15) is 40.5 Å². The van der Waals surface area contributed by atoms with Gasteiger partial charge in [0, 0.05) is 11.6 Å². The number of amides is 2. The first-order chi connectivity index (χ1) is 11.4. The number of allylic oxidation sites excluding steroid dienone is 4. The molecule has 0 spiro atoms. The van der Waals surface area contributed by atoms with Gasteiger partial charge in [0.1, 0.15) is 0 Å². The van der Waals surface area contributed by atoms with E-state index < -0.39 is 0 Å². The second-order valence-corrected chi connectivity index (χ2v) is 7.00. The fourth-order valence-corrected chi connectivity index (χ4v) is 3.08. The second-order valence-electron chi connectivity index (χ2n) is 7.00. The lowest BCUT2D eigenvalue weighted by Crippen LogP contribution is -2.26. The average molecular weight is 325 g/mol. The van der Waals surface area contributed by atoms with Crippen LogP contribution >= 0.6 is 0 Å². The van der Waals surface area contributed by atoms with Crippen molar-refractivity contribution in [3.05, 3.63) is 54.1 Å². The minimum Gasteiger partial charge on any atom is -0.307 e. The number of urea groups is 1. The molecule has 1 aliphatic carbocycles. The molecule has 2 amide bonds. The van der Waals surface area contributed by atoms with Crippen LogP contribution in [0.4, 0.5) is 10.5 Å². The zero-order valence-electron chi connectivity index (χ0n) is 15.0. The summed E-state index contributed by atoms with van der Waals surface area (Å²) in [4.78, 5) is 11.8. The van der Waals surface area contributed by atoms with Gasteiger partial charge in [-0.3, -0.25) is 0 Å². The van der Waals surface area contributed by atoms with Crippen molar-refractivity contribution in [2.75, 3.05) is 5.32 Å². The minimum atomic E-state index is -0.344. The summed E-state index contributed by atoms with van der Waals surface area (Å²) in [6.45, 7) is 8.68. The second kappa shape index (κ2) is 7.95. The van der Waals surface area contributed by atoms with Crippen LogP contribution in [0.3, 0.4) is 0 Å². The molecule has 0 aliphatic heterocycles. The van der Waals surface area contributed by atoms with Crippen molar-refractivity contribution in [2.45, 2.75) is 40.5 Å². The minimum absolute atomic E-state index is 0.258. The van der Waals surface area contributed by atoms with Gasteiger partial charge in [0.05, 0.1) is 5.71 Å². The zero-order chi connectivity index (χ0) is 17.6. The molecule has 2 N–H and O–H groups in total. The van der Waals surface area contributed by atoms with Crippen molar-refractivity contribution in [1.82, 2.24) is 5.43 Å². The quantitative estimate of drug-likeness (QED) is 0.450. The summed E-state index contributed by atoms with van der Waals surface area (Å²) >= 11 is 0. The van der Waals surface area contributed by atoms with E-state index >= 15 is 0 Å². The van der Waals surface area contributed by atoms with Crippen molar-refractivity contribution in [2.24, 2.45) is 16.4 Å². The topological polar surface area (TPSA) is 53.5 Å². The van der Waals surface area contributed by atoms with Gasteiger partial charge in [0.25, 0.3) is 0 Å². The molecule has 0 heterocycles. The smallest absolute Gasteiger partial charge is 0.307 e. The van der Waals surface area contributed by atoms with Crippen molar-refractivity contribution in [3.63, 3.8) is 0 Å². The maximum atomic E-state index is 11.8. The monoisotopic (exact) mass is 325 g/mol. The highest BCUT2D eigenvalue weighted by Gasteiger charge is 2.30. The Hall–Kier alpha value is -2.36. The van der Waals surface area contributed by atoms with E-state index in [1.165, 1.54) is 12.0 Å². The largest absolute Gasteiger partial charge is 0.339 e. The first kappa shape index (κ1) is 18.0. The van der Waals surface area contributed by atoms with Gasteiger partial charge < -0.3 is 5.32 Å². The number of carbonyl (C=O) groups is 1.